The molecule has 0 saturated carbocycles. The first-order chi connectivity index (χ1) is 5.25. The van der Waals surface area contributed by atoms with Crippen LogP contribution in [0.25, 0.3) is 0 Å². The molecule has 0 spiro atoms. The van der Waals surface area contributed by atoms with Gasteiger partial charge in [0.1, 0.15) is 5.70 Å². The van der Waals surface area contributed by atoms with Crippen molar-refractivity contribution in [2.75, 3.05) is 12.5 Å². The number of thioether (sulfide) groups is 1. The maximum absolute atomic E-state index is 11.1. The third kappa shape index (κ3) is 2.26. The predicted molar refractivity (Wildman–Crippen MR) is 53.3 cm³/mol. The quantitative estimate of drug-likeness (QED) is 0.615. The van der Waals surface area contributed by atoms with Gasteiger partial charge in [-0.2, -0.15) is 0 Å². The van der Waals surface area contributed by atoms with Crippen molar-refractivity contribution in [3.63, 3.8) is 0 Å². The molecular weight excluding hydrogens is 277 g/mol. The van der Waals surface area contributed by atoms with Gasteiger partial charge in [0.2, 0.25) is 0 Å². The SMILES string of the molecule is CCOC(=O)C1=C(I)SCN1. The van der Waals surface area contributed by atoms with Crippen molar-refractivity contribution in [2.45, 2.75) is 6.92 Å². The molecule has 5 heteroatoms. The van der Waals surface area contributed by atoms with Gasteiger partial charge >= 0.3 is 5.97 Å². The van der Waals surface area contributed by atoms with Gasteiger partial charge < -0.3 is 10.1 Å². The molecule has 0 atom stereocenters. The van der Waals surface area contributed by atoms with Gasteiger partial charge in [-0.05, 0) is 29.5 Å². The topological polar surface area (TPSA) is 38.3 Å². The Morgan fingerprint density at radius 1 is 1.91 bits per heavy atom. The summed E-state index contributed by atoms with van der Waals surface area (Å²) in [6, 6.07) is 0. The third-order valence-electron chi connectivity index (χ3n) is 1.12. The summed E-state index contributed by atoms with van der Waals surface area (Å²) in [7, 11) is 0. The fraction of sp³-hybridized carbons (Fsp3) is 0.500. The van der Waals surface area contributed by atoms with E-state index >= 15 is 0 Å². The normalized spacial score (nSPS) is 16.5. The highest BCUT2D eigenvalue weighted by Crippen LogP contribution is 2.30. The summed E-state index contributed by atoms with van der Waals surface area (Å²) in [6.45, 7) is 2.23. The van der Waals surface area contributed by atoms with Gasteiger partial charge in [0, 0.05) is 0 Å². The molecule has 1 heterocycles. The molecule has 62 valence electrons. The molecule has 0 aromatic rings. The van der Waals surface area contributed by atoms with Crippen molar-refractivity contribution < 1.29 is 9.53 Å². The highest BCUT2D eigenvalue weighted by atomic mass is 127. The molecule has 0 unspecified atom stereocenters. The second-order valence-electron chi connectivity index (χ2n) is 1.83. The molecule has 0 aromatic heterocycles. The Morgan fingerprint density at radius 3 is 3.09 bits per heavy atom. The van der Waals surface area contributed by atoms with Crippen LogP contribution in [0.2, 0.25) is 0 Å². The second-order valence-corrected chi connectivity index (χ2v) is 4.63. The van der Waals surface area contributed by atoms with E-state index in [-0.39, 0.29) is 5.97 Å². The largest absolute Gasteiger partial charge is 0.461 e. The van der Waals surface area contributed by atoms with Crippen LogP contribution in [-0.4, -0.2) is 18.5 Å². The minimum atomic E-state index is -0.248. The maximum atomic E-state index is 11.1. The lowest BCUT2D eigenvalue weighted by Crippen LogP contribution is -2.18. The molecule has 0 amide bonds. The maximum Gasteiger partial charge on any atom is 0.356 e. The van der Waals surface area contributed by atoms with E-state index in [2.05, 4.69) is 27.9 Å². The molecule has 1 N–H and O–H groups in total. The van der Waals surface area contributed by atoms with E-state index in [0.717, 1.165) is 8.79 Å². The van der Waals surface area contributed by atoms with Crippen molar-refractivity contribution in [1.29, 1.82) is 0 Å². The predicted octanol–water partition coefficient (Wildman–Crippen LogP) is 1.45. The van der Waals surface area contributed by atoms with E-state index in [1.54, 1.807) is 18.7 Å². The monoisotopic (exact) mass is 285 g/mol. The van der Waals surface area contributed by atoms with Gasteiger partial charge in [-0.15, -0.1) is 0 Å². The summed E-state index contributed by atoms with van der Waals surface area (Å²) < 4.78 is 5.81. The average molecular weight is 285 g/mol. The number of hydrogen-bond acceptors (Lipinski definition) is 4. The molecule has 0 fully saturated rings. The summed E-state index contributed by atoms with van der Waals surface area (Å²) >= 11 is 3.74. The highest BCUT2D eigenvalue weighted by Gasteiger charge is 2.19. The average Bonchev–Trinajstić information content (AvgIpc) is 2.36. The summed E-state index contributed by atoms with van der Waals surface area (Å²) in [5, 5.41) is 2.95. The number of rotatable bonds is 2. The molecular formula is C6H8INO2S. The first-order valence-electron chi connectivity index (χ1n) is 3.19. The Labute approximate surface area is 83.1 Å². The van der Waals surface area contributed by atoms with E-state index in [1.807, 2.05) is 0 Å². The zero-order valence-electron chi connectivity index (χ0n) is 6.02. The van der Waals surface area contributed by atoms with Crippen LogP contribution in [0, 0.1) is 0 Å². The Bertz CT molecular complexity index is 205. The first-order valence-corrected chi connectivity index (χ1v) is 5.25. The van der Waals surface area contributed by atoms with Gasteiger partial charge in [0.15, 0.2) is 0 Å². The lowest BCUT2D eigenvalue weighted by atomic mass is 10.5. The van der Waals surface area contributed by atoms with Crippen molar-refractivity contribution in [3.8, 4) is 0 Å². The van der Waals surface area contributed by atoms with Crippen LogP contribution in [-0.2, 0) is 9.53 Å². The Morgan fingerprint density at radius 2 is 2.64 bits per heavy atom. The minimum Gasteiger partial charge on any atom is -0.461 e. The molecule has 1 rings (SSSR count). The summed E-state index contributed by atoms with van der Waals surface area (Å²) in [6.07, 6.45) is 0. The van der Waals surface area contributed by atoms with Crippen LogP contribution in [0.15, 0.2) is 8.61 Å². The van der Waals surface area contributed by atoms with E-state index in [0.29, 0.717) is 12.3 Å². The smallest absolute Gasteiger partial charge is 0.356 e. The molecule has 0 bridgehead atoms. The van der Waals surface area contributed by atoms with Crippen molar-refractivity contribution in [2.24, 2.45) is 0 Å². The third-order valence-corrected chi connectivity index (χ3v) is 3.34. The van der Waals surface area contributed by atoms with Gasteiger partial charge in [0.05, 0.1) is 15.4 Å². The van der Waals surface area contributed by atoms with Gasteiger partial charge in [-0.3, -0.25) is 0 Å². The summed E-state index contributed by atoms with van der Waals surface area (Å²) in [5.74, 6) is 0.522. The zero-order chi connectivity index (χ0) is 8.27. The van der Waals surface area contributed by atoms with Crippen LogP contribution in [0.1, 0.15) is 6.92 Å². The first kappa shape index (κ1) is 9.18. The standard InChI is InChI=1S/C6H8INO2S/c1-2-10-6(9)4-5(7)11-3-8-4/h8H,2-3H2,1H3. The number of ether oxygens (including phenoxy) is 1. The summed E-state index contributed by atoms with van der Waals surface area (Å²) in [5.41, 5.74) is 0.609. The molecule has 1 aliphatic rings. The van der Waals surface area contributed by atoms with E-state index in [1.165, 1.54) is 0 Å². The van der Waals surface area contributed by atoms with Crippen LogP contribution >= 0.6 is 34.4 Å². The van der Waals surface area contributed by atoms with Crippen molar-refractivity contribution >= 4 is 40.3 Å². The van der Waals surface area contributed by atoms with Crippen LogP contribution in [0.3, 0.4) is 0 Å². The van der Waals surface area contributed by atoms with Crippen molar-refractivity contribution in [1.82, 2.24) is 5.32 Å². The Balaban J connectivity index is 2.59. The number of nitrogens with one attached hydrogen (secondary N) is 1. The van der Waals surface area contributed by atoms with Crippen LogP contribution in [0.4, 0.5) is 0 Å². The molecule has 0 aromatic carbocycles. The zero-order valence-corrected chi connectivity index (χ0v) is 8.99. The summed E-state index contributed by atoms with van der Waals surface area (Å²) in [4.78, 5) is 11.1. The van der Waals surface area contributed by atoms with Gasteiger partial charge in [-0.25, -0.2) is 4.79 Å². The van der Waals surface area contributed by atoms with E-state index < -0.39 is 0 Å². The molecule has 0 saturated heterocycles. The van der Waals surface area contributed by atoms with Crippen LogP contribution in [0.5, 0.6) is 0 Å². The fourth-order valence-corrected chi connectivity index (χ4v) is 2.19. The molecule has 11 heavy (non-hydrogen) atoms. The molecule has 0 radical (unpaired) electrons. The van der Waals surface area contributed by atoms with E-state index in [4.69, 9.17) is 4.74 Å². The lowest BCUT2D eigenvalue weighted by molar-refractivity contribution is -0.138. The highest BCUT2D eigenvalue weighted by molar-refractivity contribution is 14.1. The molecule has 1 aliphatic heterocycles. The number of esters is 1. The van der Waals surface area contributed by atoms with Gasteiger partial charge in [-0.1, -0.05) is 11.8 Å². The molecule has 0 aliphatic carbocycles. The van der Waals surface area contributed by atoms with E-state index in [9.17, 15) is 4.79 Å². The number of halogens is 1. The molecule has 3 nitrogen and oxygen atoms in total. The van der Waals surface area contributed by atoms with Crippen LogP contribution < -0.4 is 5.32 Å². The Hall–Kier alpha value is 0.0900. The minimum absolute atomic E-state index is 0.248. The lowest BCUT2D eigenvalue weighted by Gasteiger charge is -2.02. The number of carbonyl (C=O) groups is 1. The van der Waals surface area contributed by atoms with Gasteiger partial charge in [0.25, 0.3) is 0 Å². The Kier molecular flexibility index (Phi) is 3.50. The number of carbonyl (C=O) groups excluding carboxylic acids is 1. The fourth-order valence-electron chi connectivity index (χ4n) is 0.669. The van der Waals surface area contributed by atoms with Crippen molar-refractivity contribution in [3.05, 3.63) is 8.61 Å². The number of hydrogen-bond donors (Lipinski definition) is 1. The second kappa shape index (κ2) is 4.20.